The van der Waals surface area contributed by atoms with E-state index in [2.05, 4.69) is 10.6 Å². The molecule has 1 fully saturated rings. The smallest absolute Gasteiger partial charge is 0.227 e. The molecule has 1 aliphatic heterocycles. The number of hydrogen-bond acceptors (Lipinski definition) is 4. The number of benzene rings is 1. The zero-order chi connectivity index (χ0) is 15.9. The lowest BCUT2D eigenvalue weighted by molar-refractivity contribution is -0.120. The van der Waals surface area contributed by atoms with Gasteiger partial charge in [-0.3, -0.25) is 4.79 Å². The molecule has 122 valence electrons. The quantitative estimate of drug-likeness (QED) is 0.860. The van der Waals surface area contributed by atoms with Crippen molar-refractivity contribution in [2.45, 2.75) is 26.1 Å². The van der Waals surface area contributed by atoms with Gasteiger partial charge < -0.3 is 19.8 Å². The highest BCUT2D eigenvalue weighted by molar-refractivity contribution is 5.92. The van der Waals surface area contributed by atoms with Crippen LogP contribution in [0.1, 0.15) is 24.2 Å². The Bertz CT molecular complexity index is 619. The third-order valence-electron chi connectivity index (χ3n) is 4.00. The third kappa shape index (κ3) is 4.68. The molecule has 0 bridgehead atoms. The number of amides is 1. The maximum absolute atomic E-state index is 12.3. The van der Waals surface area contributed by atoms with Crippen LogP contribution in [0.3, 0.4) is 0 Å². The summed E-state index contributed by atoms with van der Waals surface area (Å²) in [5.41, 5.74) is 1.85. The standard InChI is InChI=1S/C18H22N2O3/c21-18(15-6-8-19-9-7-15)20-16-4-1-3-14(11-16)12-22-13-17-5-2-10-23-17/h1-5,10-11,15,19H,6-9,12-13H2,(H,20,21). The van der Waals surface area contributed by atoms with Gasteiger partial charge >= 0.3 is 0 Å². The Morgan fingerprint density at radius 1 is 1.22 bits per heavy atom. The second kappa shape index (κ2) is 7.94. The minimum atomic E-state index is 0.107. The SMILES string of the molecule is O=C(Nc1cccc(COCc2ccco2)c1)C1CCNCC1. The minimum Gasteiger partial charge on any atom is -0.467 e. The van der Waals surface area contributed by atoms with Gasteiger partial charge in [0.05, 0.1) is 12.9 Å². The van der Waals surface area contributed by atoms with Gasteiger partial charge in [-0.15, -0.1) is 0 Å². The van der Waals surface area contributed by atoms with Crippen LogP contribution >= 0.6 is 0 Å². The summed E-state index contributed by atoms with van der Waals surface area (Å²) in [4.78, 5) is 12.3. The van der Waals surface area contributed by atoms with E-state index in [-0.39, 0.29) is 11.8 Å². The summed E-state index contributed by atoms with van der Waals surface area (Å²) in [6, 6.07) is 11.5. The van der Waals surface area contributed by atoms with Crippen LogP contribution in [-0.2, 0) is 22.7 Å². The number of anilines is 1. The van der Waals surface area contributed by atoms with Crippen molar-refractivity contribution in [2.24, 2.45) is 5.92 Å². The van der Waals surface area contributed by atoms with E-state index in [9.17, 15) is 4.79 Å². The molecular weight excluding hydrogens is 292 g/mol. The first-order valence-electron chi connectivity index (χ1n) is 8.02. The summed E-state index contributed by atoms with van der Waals surface area (Å²) in [7, 11) is 0. The van der Waals surface area contributed by atoms with Gasteiger partial charge in [0.2, 0.25) is 5.91 Å². The number of rotatable bonds is 6. The summed E-state index contributed by atoms with van der Waals surface area (Å²) in [5.74, 6) is 1.02. The zero-order valence-electron chi connectivity index (χ0n) is 13.1. The van der Waals surface area contributed by atoms with Crippen LogP contribution in [0.15, 0.2) is 47.1 Å². The number of ether oxygens (including phenoxy) is 1. The van der Waals surface area contributed by atoms with Gasteiger partial charge in [-0.25, -0.2) is 0 Å². The van der Waals surface area contributed by atoms with E-state index in [1.54, 1.807) is 6.26 Å². The average Bonchev–Trinajstić information content (AvgIpc) is 3.09. The lowest BCUT2D eigenvalue weighted by Gasteiger charge is -2.21. The van der Waals surface area contributed by atoms with Gasteiger partial charge in [0, 0.05) is 11.6 Å². The molecule has 0 atom stereocenters. The van der Waals surface area contributed by atoms with E-state index in [0.717, 1.165) is 42.9 Å². The highest BCUT2D eigenvalue weighted by atomic mass is 16.5. The molecule has 2 N–H and O–H groups in total. The Hall–Kier alpha value is -2.11. The van der Waals surface area contributed by atoms with Gasteiger partial charge in [-0.05, 0) is 55.8 Å². The molecule has 3 rings (SSSR count). The van der Waals surface area contributed by atoms with Crippen LogP contribution in [0, 0.1) is 5.92 Å². The van der Waals surface area contributed by atoms with Crippen molar-refractivity contribution in [1.82, 2.24) is 5.32 Å². The van der Waals surface area contributed by atoms with Crippen LogP contribution in [0.4, 0.5) is 5.69 Å². The molecule has 0 unspecified atom stereocenters. The van der Waals surface area contributed by atoms with E-state index in [0.29, 0.717) is 13.2 Å². The Balaban J connectivity index is 1.51. The summed E-state index contributed by atoms with van der Waals surface area (Å²) in [5, 5.41) is 6.29. The molecule has 1 aliphatic rings. The highest BCUT2D eigenvalue weighted by Gasteiger charge is 2.20. The van der Waals surface area contributed by atoms with E-state index in [1.165, 1.54) is 0 Å². The van der Waals surface area contributed by atoms with Crippen molar-refractivity contribution in [1.29, 1.82) is 0 Å². The monoisotopic (exact) mass is 314 g/mol. The van der Waals surface area contributed by atoms with Crippen molar-refractivity contribution in [2.75, 3.05) is 18.4 Å². The topological polar surface area (TPSA) is 63.5 Å². The fourth-order valence-corrected chi connectivity index (χ4v) is 2.73. The number of carbonyl (C=O) groups is 1. The molecule has 23 heavy (non-hydrogen) atoms. The molecule has 5 heteroatoms. The van der Waals surface area contributed by atoms with Crippen molar-refractivity contribution in [3.05, 3.63) is 54.0 Å². The van der Waals surface area contributed by atoms with E-state index in [1.807, 2.05) is 36.4 Å². The molecular formula is C18H22N2O3. The second-order valence-corrected chi connectivity index (χ2v) is 5.79. The molecule has 5 nitrogen and oxygen atoms in total. The molecule has 1 amide bonds. The average molecular weight is 314 g/mol. The first kappa shape index (κ1) is 15.8. The lowest BCUT2D eigenvalue weighted by Crippen LogP contribution is -2.34. The van der Waals surface area contributed by atoms with Gasteiger partial charge in [-0.2, -0.15) is 0 Å². The summed E-state index contributed by atoms with van der Waals surface area (Å²) in [6.07, 6.45) is 3.44. The number of carbonyl (C=O) groups excluding carboxylic acids is 1. The van der Waals surface area contributed by atoms with Gasteiger partial charge in [-0.1, -0.05) is 12.1 Å². The fourth-order valence-electron chi connectivity index (χ4n) is 2.73. The summed E-state index contributed by atoms with van der Waals surface area (Å²) < 4.78 is 10.9. The Kier molecular flexibility index (Phi) is 5.45. The summed E-state index contributed by atoms with van der Waals surface area (Å²) in [6.45, 7) is 2.76. The third-order valence-corrected chi connectivity index (χ3v) is 4.00. The molecule has 0 aliphatic carbocycles. The maximum Gasteiger partial charge on any atom is 0.227 e. The first-order chi connectivity index (χ1) is 11.3. The van der Waals surface area contributed by atoms with Gasteiger partial charge in [0.1, 0.15) is 12.4 Å². The molecule has 1 aromatic carbocycles. The largest absolute Gasteiger partial charge is 0.467 e. The van der Waals surface area contributed by atoms with Crippen LogP contribution < -0.4 is 10.6 Å². The lowest BCUT2D eigenvalue weighted by atomic mass is 9.97. The summed E-state index contributed by atoms with van der Waals surface area (Å²) >= 11 is 0. The van der Waals surface area contributed by atoms with Crippen LogP contribution in [-0.4, -0.2) is 19.0 Å². The van der Waals surface area contributed by atoms with E-state index in [4.69, 9.17) is 9.15 Å². The van der Waals surface area contributed by atoms with Gasteiger partial charge in [0.15, 0.2) is 0 Å². The normalized spacial score (nSPS) is 15.5. The number of nitrogens with one attached hydrogen (secondary N) is 2. The van der Waals surface area contributed by atoms with Crippen molar-refractivity contribution in [3.8, 4) is 0 Å². The molecule has 0 radical (unpaired) electrons. The molecule has 2 aromatic rings. The molecule has 0 spiro atoms. The number of hydrogen-bond donors (Lipinski definition) is 2. The maximum atomic E-state index is 12.3. The predicted molar refractivity (Wildman–Crippen MR) is 87.9 cm³/mol. The predicted octanol–water partition coefficient (Wildman–Crippen LogP) is 2.93. The molecule has 0 saturated carbocycles. The second-order valence-electron chi connectivity index (χ2n) is 5.79. The number of piperidine rings is 1. The Labute approximate surface area is 136 Å². The van der Waals surface area contributed by atoms with E-state index < -0.39 is 0 Å². The van der Waals surface area contributed by atoms with Crippen molar-refractivity contribution >= 4 is 11.6 Å². The Morgan fingerprint density at radius 3 is 2.87 bits per heavy atom. The molecule has 1 saturated heterocycles. The number of furan rings is 1. The first-order valence-corrected chi connectivity index (χ1v) is 8.02. The van der Waals surface area contributed by atoms with Crippen LogP contribution in [0.5, 0.6) is 0 Å². The molecule has 1 aromatic heterocycles. The zero-order valence-corrected chi connectivity index (χ0v) is 13.1. The fraction of sp³-hybridized carbons (Fsp3) is 0.389. The van der Waals surface area contributed by atoms with Gasteiger partial charge in [0.25, 0.3) is 0 Å². The van der Waals surface area contributed by atoms with Crippen LogP contribution in [0.25, 0.3) is 0 Å². The van der Waals surface area contributed by atoms with Crippen molar-refractivity contribution < 1.29 is 13.9 Å². The highest BCUT2D eigenvalue weighted by Crippen LogP contribution is 2.17. The van der Waals surface area contributed by atoms with Crippen molar-refractivity contribution in [3.63, 3.8) is 0 Å². The van der Waals surface area contributed by atoms with Crippen LogP contribution in [0.2, 0.25) is 0 Å². The Morgan fingerprint density at radius 2 is 2.09 bits per heavy atom. The minimum absolute atomic E-state index is 0.107. The molecule has 2 heterocycles. The van der Waals surface area contributed by atoms with E-state index >= 15 is 0 Å².